The van der Waals surface area contributed by atoms with Crippen molar-refractivity contribution in [3.8, 4) is 0 Å². The van der Waals surface area contributed by atoms with Crippen LogP contribution < -0.4 is 5.73 Å². The van der Waals surface area contributed by atoms with Crippen LogP contribution in [0.25, 0.3) is 0 Å². The Morgan fingerprint density at radius 2 is 2.47 bits per heavy atom. The van der Waals surface area contributed by atoms with E-state index in [1.807, 2.05) is 0 Å². The highest BCUT2D eigenvalue weighted by molar-refractivity contribution is 5.03. The molecule has 2 fully saturated rings. The average Bonchev–Trinajstić information content (AvgIpc) is 2.91. The molecule has 15 heavy (non-hydrogen) atoms. The van der Waals surface area contributed by atoms with Gasteiger partial charge in [-0.3, -0.25) is 4.90 Å². The summed E-state index contributed by atoms with van der Waals surface area (Å²) in [5.74, 6) is 1.84. The zero-order chi connectivity index (χ0) is 10.3. The summed E-state index contributed by atoms with van der Waals surface area (Å²) in [6, 6.07) is 0.753. The smallest absolute Gasteiger partial charge is 0.231 e. The fraction of sp³-hybridized carbons (Fsp3) is 0.800. The highest BCUT2D eigenvalue weighted by atomic mass is 16.5. The lowest BCUT2D eigenvalue weighted by Crippen LogP contribution is -2.22. The fourth-order valence-electron chi connectivity index (χ4n) is 2.78. The lowest BCUT2D eigenvalue weighted by atomic mass is 10.0. The van der Waals surface area contributed by atoms with Crippen molar-refractivity contribution >= 4 is 0 Å². The molecule has 3 heterocycles. The van der Waals surface area contributed by atoms with Gasteiger partial charge in [-0.15, -0.1) is 0 Å². The third-order valence-electron chi connectivity index (χ3n) is 3.53. The van der Waals surface area contributed by atoms with Gasteiger partial charge in [-0.1, -0.05) is 5.16 Å². The van der Waals surface area contributed by atoms with Crippen molar-refractivity contribution in [2.24, 2.45) is 5.73 Å². The Kier molecular flexibility index (Phi) is 2.21. The Balaban J connectivity index is 1.73. The van der Waals surface area contributed by atoms with Crippen LogP contribution in [0.15, 0.2) is 4.52 Å². The molecule has 2 aliphatic heterocycles. The molecule has 2 aliphatic rings. The van der Waals surface area contributed by atoms with E-state index in [1.165, 1.54) is 25.8 Å². The van der Waals surface area contributed by atoms with Gasteiger partial charge in [-0.25, -0.2) is 0 Å². The zero-order valence-electron chi connectivity index (χ0n) is 8.72. The summed E-state index contributed by atoms with van der Waals surface area (Å²) >= 11 is 0. The Bertz CT molecular complexity index is 339. The molecular formula is C10H16N4O. The normalized spacial score (nSPS) is 31.0. The minimum absolute atomic E-state index is 0.364. The van der Waals surface area contributed by atoms with Crippen molar-refractivity contribution in [3.63, 3.8) is 0 Å². The van der Waals surface area contributed by atoms with Gasteiger partial charge in [0.15, 0.2) is 5.82 Å². The number of hydrogen-bond acceptors (Lipinski definition) is 5. The number of nitrogens with two attached hydrogens (primary N) is 1. The molecule has 0 amide bonds. The van der Waals surface area contributed by atoms with Crippen molar-refractivity contribution in [1.29, 1.82) is 0 Å². The van der Waals surface area contributed by atoms with Gasteiger partial charge in [0, 0.05) is 12.6 Å². The monoisotopic (exact) mass is 208 g/mol. The molecule has 1 aromatic heterocycles. The third-order valence-corrected chi connectivity index (χ3v) is 3.53. The number of hydrogen-bond donors (Lipinski definition) is 1. The van der Waals surface area contributed by atoms with E-state index >= 15 is 0 Å². The Labute approximate surface area is 88.6 Å². The summed E-state index contributed by atoms with van der Waals surface area (Å²) in [6.45, 7) is 2.68. The first-order valence-corrected chi connectivity index (χ1v) is 5.63. The standard InChI is InChI=1S/C10H16N4O/c11-5-9-12-10(15-13-9)7-4-8-2-1-3-14(8)6-7/h7-8H,1-6,11H2. The van der Waals surface area contributed by atoms with Crippen molar-refractivity contribution in [1.82, 2.24) is 15.0 Å². The van der Waals surface area contributed by atoms with E-state index in [0.717, 1.165) is 18.5 Å². The van der Waals surface area contributed by atoms with Gasteiger partial charge in [-0.2, -0.15) is 4.98 Å². The summed E-state index contributed by atoms with van der Waals surface area (Å²) in [7, 11) is 0. The summed E-state index contributed by atoms with van der Waals surface area (Å²) in [5.41, 5.74) is 5.46. The number of fused-ring (bicyclic) bond motifs is 1. The summed E-state index contributed by atoms with van der Waals surface area (Å²) in [5, 5.41) is 3.84. The molecule has 0 aliphatic carbocycles. The molecule has 2 atom stereocenters. The molecule has 0 bridgehead atoms. The van der Waals surface area contributed by atoms with Crippen molar-refractivity contribution in [2.45, 2.75) is 37.8 Å². The molecule has 2 saturated heterocycles. The first-order chi connectivity index (χ1) is 7.36. The first kappa shape index (κ1) is 9.30. The van der Waals surface area contributed by atoms with E-state index in [0.29, 0.717) is 18.3 Å². The predicted molar refractivity (Wildman–Crippen MR) is 54.1 cm³/mol. The van der Waals surface area contributed by atoms with E-state index < -0.39 is 0 Å². The van der Waals surface area contributed by atoms with E-state index in [-0.39, 0.29) is 0 Å². The SMILES string of the molecule is NCc1noc(C2CC3CCCN3C2)n1. The highest BCUT2D eigenvalue weighted by Gasteiger charge is 2.38. The molecule has 1 aromatic rings. The lowest BCUT2D eigenvalue weighted by molar-refractivity contribution is 0.312. The van der Waals surface area contributed by atoms with Gasteiger partial charge >= 0.3 is 0 Å². The van der Waals surface area contributed by atoms with Gasteiger partial charge in [0.1, 0.15) is 0 Å². The minimum atomic E-state index is 0.364. The Morgan fingerprint density at radius 1 is 1.53 bits per heavy atom. The van der Waals surface area contributed by atoms with E-state index in [9.17, 15) is 0 Å². The van der Waals surface area contributed by atoms with E-state index in [4.69, 9.17) is 10.3 Å². The second-order valence-corrected chi connectivity index (χ2v) is 4.48. The minimum Gasteiger partial charge on any atom is -0.339 e. The van der Waals surface area contributed by atoms with Crippen LogP contribution in [0.2, 0.25) is 0 Å². The van der Waals surface area contributed by atoms with Crippen LogP contribution in [0.4, 0.5) is 0 Å². The maximum Gasteiger partial charge on any atom is 0.231 e. The van der Waals surface area contributed by atoms with Crippen LogP contribution in [0.5, 0.6) is 0 Å². The summed E-state index contributed by atoms with van der Waals surface area (Å²) < 4.78 is 5.24. The molecule has 2 N–H and O–H groups in total. The Morgan fingerprint density at radius 3 is 3.20 bits per heavy atom. The van der Waals surface area contributed by atoms with Crippen LogP contribution in [0.1, 0.15) is 36.9 Å². The largest absolute Gasteiger partial charge is 0.339 e. The molecule has 5 heteroatoms. The predicted octanol–water partition coefficient (Wildman–Crippen LogP) is 0.480. The van der Waals surface area contributed by atoms with Crippen molar-refractivity contribution in [2.75, 3.05) is 13.1 Å². The second kappa shape index (κ2) is 3.57. The van der Waals surface area contributed by atoms with Crippen LogP contribution in [0.3, 0.4) is 0 Å². The van der Waals surface area contributed by atoms with Crippen LogP contribution in [-0.4, -0.2) is 34.2 Å². The number of aromatic nitrogens is 2. The molecule has 0 aromatic carbocycles. The van der Waals surface area contributed by atoms with Gasteiger partial charge in [0.25, 0.3) is 0 Å². The Hall–Kier alpha value is -0.940. The van der Waals surface area contributed by atoms with Gasteiger partial charge in [-0.05, 0) is 25.8 Å². The maximum absolute atomic E-state index is 5.46. The number of nitrogens with zero attached hydrogens (tertiary/aromatic N) is 3. The van der Waals surface area contributed by atoms with E-state index in [2.05, 4.69) is 15.0 Å². The average molecular weight is 208 g/mol. The second-order valence-electron chi connectivity index (χ2n) is 4.48. The van der Waals surface area contributed by atoms with Crippen LogP contribution >= 0.6 is 0 Å². The fourth-order valence-corrected chi connectivity index (χ4v) is 2.78. The molecule has 5 nitrogen and oxygen atoms in total. The quantitative estimate of drug-likeness (QED) is 0.765. The lowest BCUT2D eigenvalue weighted by Gasteiger charge is -2.12. The molecule has 2 unspecified atom stereocenters. The van der Waals surface area contributed by atoms with Gasteiger partial charge < -0.3 is 10.3 Å². The molecule has 0 saturated carbocycles. The molecule has 82 valence electrons. The maximum atomic E-state index is 5.46. The topological polar surface area (TPSA) is 68.2 Å². The third kappa shape index (κ3) is 1.55. The van der Waals surface area contributed by atoms with Crippen molar-refractivity contribution in [3.05, 3.63) is 11.7 Å². The molecule has 0 radical (unpaired) electrons. The van der Waals surface area contributed by atoms with E-state index in [1.54, 1.807) is 0 Å². The highest BCUT2D eigenvalue weighted by Crippen LogP contribution is 2.36. The first-order valence-electron chi connectivity index (χ1n) is 5.63. The summed E-state index contributed by atoms with van der Waals surface area (Å²) in [4.78, 5) is 6.85. The molecular weight excluding hydrogens is 192 g/mol. The molecule has 0 spiro atoms. The summed E-state index contributed by atoms with van der Waals surface area (Å²) in [6.07, 6.45) is 3.84. The van der Waals surface area contributed by atoms with Crippen molar-refractivity contribution < 1.29 is 4.52 Å². The zero-order valence-corrected chi connectivity index (χ0v) is 8.72. The molecule has 3 rings (SSSR count). The van der Waals surface area contributed by atoms with Gasteiger partial charge in [0.2, 0.25) is 5.89 Å². The van der Waals surface area contributed by atoms with Gasteiger partial charge in [0.05, 0.1) is 12.5 Å². The van der Waals surface area contributed by atoms with Crippen LogP contribution in [0, 0.1) is 0 Å². The number of rotatable bonds is 2. The van der Waals surface area contributed by atoms with Crippen LogP contribution in [-0.2, 0) is 6.54 Å².